The molecule has 0 radical (unpaired) electrons. The number of hydrogen-bond donors (Lipinski definition) is 1. The van der Waals surface area contributed by atoms with Crippen molar-refractivity contribution in [1.82, 2.24) is 15.3 Å². The van der Waals surface area contributed by atoms with E-state index in [1.807, 2.05) is 6.92 Å². The number of aryl methyl sites for hydroxylation is 1. The van der Waals surface area contributed by atoms with Crippen molar-refractivity contribution in [1.29, 1.82) is 0 Å². The van der Waals surface area contributed by atoms with Gasteiger partial charge >= 0.3 is 0 Å². The van der Waals surface area contributed by atoms with Crippen molar-refractivity contribution in [3.05, 3.63) is 46.9 Å². The molecule has 0 aliphatic rings. The van der Waals surface area contributed by atoms with Crippen LogP contribution in [-0.2, 0) is 6.54 Å². The maximum absolute atomic E-state index is 11.7. The van der Waals surface area contributed by atoms with Crippen molar-refractivity contribution in [3.8, 4) is 0 Å². The third-order valence-corrected chi connectivity index (χ3v) is 2.42. The first-order chi connectivity index (χ1) is 8.16. The fourth-order valence-corrected chi connectivity index (χ4v) is 1.43. The second-order valence-electron chi connectivity index (χ2n) is 3.44. The number of carbonyl (C=O) groups is 1. The molecule has 0 spiro atoms. The predicted octanol–water partition coefficient (Wildman–Crippen LogP) is 1.96. The van der Waals surface area contributed by atoms with Gasteiger partial charge < -0.3 is 9.73 Å². The number of aromatic nitrogens is 2. The number of nitrogens with one attached hydrogen (secondary N) is 1. The van der Waals surface area contributed by atoms with E-state index >= 15 is 0 Å². The fraction of sp³-hybridized carbons (Fsp3) is 0.182. The van der Waals surface area contributed by atoms with Crippen LogP contribution in [0, 0.1) is 6.92 Å². The van der Waals surface area contributed by atoms with Crippen LogP contribution in [0.4, 0.5) is 0 Å². The van der Waals surface area contributed by atoms with Gasteiger partial charge in [0.2, 0.25) is 5.22 Å². The van der Waals surface area contributed by atoms with E-state index in [4.69, 9.17) is 16.0 Å². The van der Waals surface area contributed by atoms with Crippen LogP contribution in [0.3, 0.4) is 0 Å². The summed E-state index contributed by atoms with van der Waals surface area (Å²) >= 11 is 5.68. The van der Waals surface area contributed by atoms with Crippen molar-refractivity contribution >= 4 is 17.5 Å². The quantitative estimate of drug-likeness (QED) is 0.906. The highest BCUT2D eigenvalue weighted by Gasteiger charge is 2.12. The highest BCUT2D eigenvalue weighted by Crippen LogP contribution is 2.16. The lowest BCUT2D eigenvalue weighted by Crippen LogP contribution is -2.23. The third kappa shape index (κ3) is 2.82. The molecule has 6 heteroatoms. The second-order valence-corrected chi connectivity index (χ2v) is 3.78. The van der Waals surface area contributed by atoms with Gasteiger partial charge in [0.1, 0.15) is 0 Å². The number of hydrogen-bond acceptors (Lipinski definition) is 4. The van der Waals surface area contributed by atoms with Crippen LogP contribution in [0.25, 0.3) is 0 Å². The van der Waals surface area contributed by atoms with Crippen LogP contribution in [-0.4, -0.2) is 15.9 Å². The Balaban J connectivity index is 1.97. The van der Waals surface area contributed by atoms with E-state index in [1.54, 1.807) is 12.4 Å². The standard InChI is InChI=1S/C11H10ClN3O2/c1-7-4-14-8(5-13-7)6-15-11(16)9-2-3-17-10(9)12/h2-5H,6H2,1H3,(H,15,16). The van der Waals surface area contributed by atoms with Crippen LogP contribution >= 0.6 is 11.6 Å². The summed E-state index contributed by atoms with van der Waals surface area (Å²) in [5.41, 5.74) is 1.83. The first kappa shape index (κ1) is 11.6. The number of halogens is 1. The summed E-state index contributed by atoms with van der Waals surface area (Å²) in [4.78, 5) is 19.9. The van der Waals surface area contributed by atoms with Crippen molar-refractivity contribution in [2.75, 3.05) is 0 Å². The van der Waals surface area contributed by atoms with Crippen molar-refractivity contribution < 1.29 is 9.21 Å². The molecule has 1 amide bonds. The largest absolute Gasteiger partial charge is 0.452 e. The van der Waals surface area contributed by atoms with Gasteiger partial charge in [-0.3, -0.25) is 14.8 Å². The first-order valence-corrected chi connectivity index (χ1v) is 5.33. The summed E-state index contributed by atoms with van der Waals surface area (Å²) < 4.78 is 4.83. The minimum atomic E-state index is -0.300. The Bertz CT molecular complexity index is 522. The van der Waals surface area contributed by atoms with E-state index in [0.29, 0.717) is 17.8 Å². The molecule has 0 unspecified atom stereocenters. The van der Waals surface area contributed by atoms with Gasteiger partial charge in [-0.05, 0) is 24.6 Å². The molecular weight excluding hydrogens is 242 g/mol. The molecule has 2 heterocycles. The Morgan fingerprint density at radius 1 is 1.47 bits per heavy atom. The fourth-order valence-electron chi connectivity index (χ4n) is 1.23. The first-order valence-electron chi connectivity index (χ1n) is 4.95. The molecule has 0 bridgehead atoms. The Morgan fingerprint density at radius 3 is 2.88 bits per heavy atom. The molecule has 0 atom stereocenters. The van der Waals surface area contributed by atoms with E-state index in [-0.39, 0.29) is 11.1 Å². The molecule has 1 N–H and O–H groups in total. The van der Waals surface area contributed by atoms with E-state index in [1.165, 1.54) is 12.3 Å². The average Bonchev–Trinajstić information content (AvgIpc) is 2.74. The molecule has 2 aromatic heterocycles. The summed E-state index contributed by atoms with van der Waals surface area (Å²) in [6, 6.07) is 1.51. The van der Waals surface area contributed by atoms with Gasteiger partial charge in [-0.25, -0.2) is 0 Å². The predicted molar refractivity (Wildman–Crippen MR) is 61.7 cm³/mol. The summed E-state index contributed by atoms with van der Waals surface area (Å²) in [6.07, 6.45) is 4.63. The van der Waals surface area contributed by atoms with Gasteiger partial charge in [0.05, 0.1) is 36.0 Å². The topological polar surface area (TPSA) is 68.0 Å². The smallest absolute Gasteiger partial charge is 0.256 e. The summed E-state index contributed by atoms with van der Waals surface area (Å²) in [5.74, 6) is -0.300. The Kier molecular flexibility index (Phi) is 3.39. The summed E-state index contributed by atoms with van der Waals surface area (Å²) in [6.45, 7) is 2.15. The molecule has 0 fully saturated rings. The second kappa shape index (κ2) is 4.97. The molecule has 0 saturated heterocycles. The summed E-state index contributed by atoms with van der Waals surface area (Å²) in [7, 11) is 0. The van der Waals surface area contributed by atoms with Crippen LogP contribution < -0.4 is 5.32 Å². The SMILES string of the molecule is Cc1cnc(CNC(=O)c2ccoc2Cl)cn1. The van der Waals surface area contributed by atoms with Crippen molar-refractivity contribution in [3.63, 3.8) is 0 Å². The number of rotatable bonds is 3. The molecule has 5 nitrogen and oxygen atoms in total. The number of nitrogens with zero attached hydrogens (tertiary/aromatic N) is 2. The van der Waals surface area contributed by atoms with Crippen LogP contribution in [0.5, 0.6) is 0 Å². The molecular formula is C11H10ClN3O2. The molecule has 0 aliphatic carbocycles. The lowest BCUT2D eigenvalue weighted by molar-refractivity contribution is 0.0950. The molecule has 0 aliphatic heterocycles. The third-order valence-electron chi connectivity index (χ3n) is 2.13. The normalized spacial score (nSPS) is 10.2. The zero-order valence-electron chi connectivity index (χ0n) is 9.11. The zero-order chi connectivity index (χ0) is 12.3. The Morgan fingerprint density at radius 2 is 2.29 bits per heavy atom. The van der Waals surface area contributed by atoms with E-state index in [0.717, 1.165) is 5.69 Å². The minimum absolute atomic E-state index is 0.0810. The maximum atomic E-state index is 11.7. The lowest BCUT2D eigenvalue weighted by atomic mass is 10.3. The summed E-state index contributed by atoms with van der Waals surface area (Å²) in [5, 5.41) is 2.76. The Hall–Kier alpha value is -1.88. The number of amides is 1. The molecule has 17 heavy (non-hydrogen) atoms. The van der Waals surface area contributed by atoms with Gasteiger partial charge in [-0.1, -0.05) is 0 Å². The number of carbonyl (C=O) groups excluding carboxylic acids is 1. The molecule has 2 aromatic rings. The molecule has 2 rings (SSSR count). The van der Waals surface area contributed by atoms with E-state index < -0.39 is 0 Å². The molecule has 0 saturated carbocycles. The number of furan rings is 1. The average molecular weight is 252 g/mol. The van der Waals surface area contributed by atoms with Crippen molar-refractivity contribution in [2.45, 2.75) is 13.5 Å². The van der Waals surface area contributed by atoms with Gasteiger partial charge in [0, 0.05) is 6.20 Å². The molecule has 0 aromatic carbocycles. The van der Waals surface area contributed by atoms with Crippen LogP contribution in [0.1, 0.15) is 21.7 Å². The van der Waals surface area contributed by atoms with E-state index in [2.05, 4.69) is 15.3 Å². The van der Waals surface area contributed by atoms with Crippen LogP contribution in [0.15, 0.2) is 29.1 Å². The maximum Gasteiger partial charge on any atom is 0.256 e. The van der Waals surface area contributed by atoms with Gasteiger partial charge in [-0.2, -0.15) is 0 Å². The van der Waals surface area contributed by atoms with Gasteiger partial charge in [0.15, 0.2) is 0 Å². The van der Waals surface area contributed by atoms with Gasteiger partial charge in [0.25, 0.3) is 5.91 Å². The van der Waals surface area contributed by atoms with Crippen molar-refractivity contribution in [2.24, 2.45) is 0 Å². The monoisotopic (exact) mass is 251 g/mol. The highest BCUT2D eigenvalue weighted by atomic mass is 35.5. The molecule has 88 valence electrons. The lowest BCUT2D eigenvalue weighted by Gasteiger charge is -2.03. The van der Waals surface area contributed by atoms with Crippen LogP contribution in [0.2, 0.25) is 5.22 Å². The van der Waals surface area contributed by atoms with E-state index in [9.17, 15) is 4.79 Å². The van der Waals surface area contributed by atoms with Gasteiger partial charge in [-0.15, -0.1) is 0 Å². The minimum Gasteiger partial charge on any atom is -0.452 e. The zero-order valence-corrected chi connectivity index (χ0v) is 9.86. The Labute approximate surface area is 103 Å². The highest BCUT2D eigenvalue weighted by molar-refractivity contribution is 6.32.